The van der Waals surface area contributed by atoms with E-state index in [0.29, 0.717) is 12.5 Å². The lowest BCUT2D eigenvalue weighted by molar-refractivity contribution is -0.00576. The van der Waals surface area contributed by atoms with Crippen LogP contribution in [0.2, 0.25) is 0 Å². The first-order valence-corrected chi connectivity index (χ1v) is 9.63. The van der Waals surface area contributed by atoms with Crippen molar-refractivity contribution in [1.82, 2.24) is 24.6 Å². The second-order valence-electron chi connectivity index (χ2n) is 7.82. The minimum Gasteiger partial charge on any atom is -0.372 e. The molecular formula is C19H28N6O2. The van der Waals surface area contributed by atoms with E-state index in [-0.39, 0.29) is 17.8 Å². The molecule has 2 aliphatic heterocycles. The number of H-pyrrole nitrogens is 1. The van der Waals surface area contributed by atoms with Crippen LogP contribution >= 0.6 is 0 Å². The van der Waals surface area contributed by atoms with E-state index < -0.39 is 0 Å². The average Bonchev–Trinajstić information content (AvgIpc) is 2.92. The molecular weight excluding hydrogens is 344 g/mol. The van der Waals surface area contributed by atoms with Crippen molar-refractivity contribution in [2.75, 3.05) is 24.5 Å². The van der Waals surface area contributed by atoms with Crippen molar-refractivity contribution in [2.24, 2.45) is 7.05 Å². The molecule has 0 spiro atoms. The molecule has 1 fully saturated rings. The SMILES string of the molecule is Cc1c(CN2CCc3c(nc(N4CC(C)OC(C)C4)[nH]c3=O)C2)cnn1C. The highest BCUT2D eigenvalue weighted by atomic mass is 16.5. The van der Waals surface area contributed by atoms with Crippen molar-refractivity contribution in [3.05, 3.63) is 39.1 Å². The quantitative estimate of drug-likeness (QED) is 0.865. The summed E-state index contributed by atoms with van der Waals surface area (Å²) in [6.07, 6.45) is 2.91. The minimum absolute atomic E-state index is 0.000920. The highest BCUT2D eigenvalue weighted by Crippen LogP contribution is 2.21. The lowest BCUT2D eigenvalue weighted by Gasteiger charge is -2.36. The van der Waals surface area contributed by atoms with Gasteiger partial charge in [-0.05, 0) is 27.2 Å². The number of morpholine rings is 1. The fourth-order valence-electron chi connectivity index (χ4n) is 4.06. The Hall–Kier alpha value is -2.19. The van der Waals surface area contributed by atoms with Crippen LogP contribution in [0, 0.1) is 6.92 Å². The Bertz CT molecular complexity index is 879. The third-order valence-corrected chi connectivity index (χ3v) is 5.59. The normalized spacial score (nSPS) is 23.5. The van der Waals surface area contributed by atoms with Gasteiger partial charge in [0.2, 0.25) is 5.95 Å². The maximum absolute atomic E-state index is 12.6. The lowest BCUT2D eigenvalue weighted by atomic mass is 10.1. The number of fused-ring (bicyclic) bond motifs is 1. The van der Waals surface area contributed by atoms with E-state index >= 15 is 0 Å². The Morgan fingerprint density at radius 1 is 1.30 bits per heavy atom. The molecule has 2 unspecified atom stereocenters. The standard InChI is InChI=1S/C19H28N6O2/c1-12-8-25(9-13(2)27-12)19-21-17-11-24(6-5-16(17)18(26)22-19)10-15-7-20-23(4)14(15)3/h7,12-13H,5-6,8-11H2,1-4H3,(H,21,22,26). The predicted octanol–water partition coefficient (Wildman–Crippen LogP) is 0.984. The summed E-state index contributed by atoms with van der Waals surface area (Å²) < 4.78 is 7.70. The third-order valence-electron chi connectivity index (χ3n) is 5.59. The smallest absolute Gasteiger partial charge is 0.255 e. The number of aromatic nitrogens is 4. The van der Waals surface area contributed by atoms with E-state index in [4.69, 9.17) is 9.72 Å². The Morgan fingerprint density at radius 2 is 2.04 bits per heavy atom. The Morgan fingerprint density at radius 3 is 2.70 bits per heavy atom. The van der Waals surface area contributed by atoms with E-state index in [1.807, 2.05) is 17.9 Å². The number of hydrogen-bond donors (Lipinski definition) is 1. The van der Waals surface area contributed by atoms with Gasteiger partial charge in [-0.15, -0.1) is 0 Å². The zero-order valence-corrected chi connectivity index (χ0v) is 16.5. The molecule has 27 heavy (non-hydrogen) atoms. The first kappa shape index (κ1) is 18.2. The lowest BCUT2D eigenvalue weighted by Crippen LogP contribution is -2.47. The summed E-state index contributed by atoms with van der Waals surface area (Å²) in [5, 5.41) is 4.33. The molecule has 2 atom stereocenters. The van der Waals surface area contributed by atoms with E-state index in [1.54, 1.807) is 0 Å². The Labute approximate surface area is 159 Å². The molecule has 0 aromatic carbocycles. The van der Waals surface area contributed by atoms with Gasteiger partial charge in [0.05, 0.1) is 24.1 Å². The summed E-state index contributed by atoms with van der Waals surface area (Å²) in [6, 6.07) is 0. The van der Waals surface area contributed by atoms with E-state index in [1.165, 1.54) is 11.3 Å². The topological polar surface area (TPSA) is 79.3 Å². The van der Waals surface area contributed by atoms with E-state index in [9.17, 15) is 4.79 Å². The van der Waals surface area contributed by atoms with E-state index in [0.717, 1.165) is 43.9 Å². The number of aryl methyl sites for hydroxylation is 1. The molecule has 4 heterocycles. The van der Waals surface area contributed by atoms with Crippen molar-refractivity contribution in [2.45, 2.75) is 52.5 Å². The van der Waals surface area contributed by atoms with Gasteiger partial charge in [0.15, 0.2) is 0 Å². The van der Waals surface area contributed by atoms with Crippen LogP contribution in [0.3, 0.4) is 0 Å². The molecule has 0 saturated carbocycles. The molecule has 0 amide bonds. The number of aromatic amines is 1. The number of hydrogen-bond acceptors (Lipinski definition) is 6. The number of rotatable bonds is 3. The van der Waals surface area contributed by atoms with Crippen LogP contribution in [0.1, 0.15) is 36.4 Å². The predicted molar refractivity (Wildman–Crippen MR) is 103 cm³/mol. The molecule has 8 heteroatoms. The zero-order chi connectivity index (χ0) is 19.1. The van der Waals surface area contributed by atoms with Gasteiger partial charge < -0.3 is 9.64 Å². The molecule has 4 rings (SSSR count). The molecule has 1 N–H and O–H groups in total. The van der Waals surface area contributed by atoms with Gasteiger partial charge in [-0.2, -0.15) is 5.10 Å². The van der Waals surface area contributed by atoms with Crippen LogP contribution in [0.4, 0.5) is 5.95 Å². The molecule has 146 valence electrons. The monoisotopic (exact) mass is 372 g/mol. The van der Waals surface area contributed by atoms with Gasteiger partial charge >= 0.3 is 0 Å². The van der Waals surface area contributed by atoms with Crippen molar-refractivity contribution in [3.8, 4) is 0 Å². The maximum Gasteiger partial charge on any atom is 0.255 e. The van der Waals surface area contributed by atoms with Gasteiger partial charge in [-0.1, -0.05) is 0 Å². The molecule has 2 aromatic rings. The Balaban J connectivity index is 1.56. The van der Waals surface area contributed by atoms with Crippen molar-refractivity contribution in [3.63, 3.8) is 0 Å². The molecule has 2 aliphatic rings. The van der Waals surface area contributed by atoms with Crippen LogP contribution in [-0.2, 0) is 31.3 Å². The van der Waals surface area contributed by atoms with Gasteiger partial charge in [-0.25, -0.2) is 4.98 Å². The number of nitrogens with one attached hydrogen (secondary N) is 1. The fourth-order valence-corrected chi connectivity index (χ4v) is 4.06. The summed E-state index contributed by atoms with van der Waals surface area (Å²) in [6.45, 7) is 10.0. The zero-order valence-electron chi connectivity index (χ0n) is 16.5. The second kappa shape index (κ2) is 7.09. The molecule has 1 saturated heterocycles. The highest BCUT2D eigenvalue weighted by Gasteiger charge is 2.27. The van der Waals surface area contributed by atoms with Gasteiger partial charge in [0.25, 0.3) is 5.56 Å². The highest BCUT2D eigenvalue weighted by molar-refractivity contribution is 5.35. The van der Waals surface area contributed by atoms with Crippen LogP contribution in [-0.4, -0.2) is 56.5 Å². The molecule has 0 radical (unpaired) electrons. The van der Waals surface area contributed by atoms with Crippen LogP contribution in [0.25, 0.3) is 0 Å². The molecule has 8 nitrogen and oxygen atoms in total. The maximum atomic E-state index is 12.6. The Kier molecular flexibility index (Phi) is 4.77. The number of ether oxygens (including phenoxy) is 1. The number of anilines is 1. The van der Waals surface area contributed by atoms with E-state index in [2.05, 4.69) is 40.7 Å². The summed E-state index contributed by atoms with van der Waals surface area (Å²) in [7, 11) is 1.96. The third kappa shape index (κ3) is 3.64. The summed E-state index contributed by atoms with van der Waals surface area (Å²) in [4.78, 5) is 24.9. The first-order chi connectivity index (χ1) is 12.9. The van der Waals surface area contributed by atoms with Crippen LogP contribution < -0.4 is 10.5 Å². The van der Waals surface area contributed by atoms with Crippen molar-refractivity contribution >= 4 is 5.95 Å². The summed E-state index contributed by atoms with van der Waals surface area (Å²) in [5.74, 6) is 0.667. The van der Waals surface area contributed by atoms with Gasteiger partial charge in [-0.3, -0.25) is 19.4 Å². The average molecular weight is 372 g/mol. The van der Waals surface area contributed by atoms with Gasteiger partial charge in [0.1, 0.15) is 0 Å². The van der Waals surface area contributed by atoms with Crippen LogP contribution in [0.5, 0.6) is 0 Å². The molecule has 0 aliphatic carbocycles. The van der Waals surface area contributed by atoms with Crippen molar-refractivity contribution in [1.29, 1.82) is 0 Å². The van der Waals surface area contributed by atoms with Gasteiger partial charge in [0, 0.05) is 56.6 Å². The second-order valence-corrected chi connectivity index (χ2v) is 7.82. The molecule has 0 bridgehead atoms. The fraction of sp³-hybridized carbons (Fsp3) is 0.632. The number of nitrogens with zero attached hydrogens (tertiary/aromatic N) is 5. The summed E-state index contributed by atoms with van der Waals surface area (Å²) in [5.41, 5.74) is 4.12. The van der Waals surface area contributed by atoms with Crippen LogP contribution in [0.15, 0.2) is 11.0 Å². The van der Waals surface area contributed by atoms with Crippen molar-refractivity contribution < 1.29 is 4.74 Å². The first-order valence-electron chi connectivity index (χ1n) is 9.63. The molecule has 2 aromatic heterocycles. The minimum atomic E-state index is -0.000920. The largest absolute Gasteiger partial charge is 0.372 e. The summed E-state index contributed by atoms with van der Waals surface area (Å²) >= 11 is 0.